The standard InChI is InChI=1S/C24H25N3O5/c1-3-30-21(28)12-27(2)24(29)18-11-16-15-6-4-5-7-17(15)25-23(16)22(26-18)14-8-9-19-20(10-14)32-13-31-19/h4-10,18,22,25-26H,3,11-13H2,1-2H3/t18-,22-/m1/s1. The van der Waals surface area contributed by atoms with Crippen LogP contribution in [0.2, 0.25) is 0 Å². The van der Waals surface area contributed by atoms with E-state index in [1.54, 1.807) is 14.0 Å². The highest BCUT2D eigenvalue weighted by molar-refractivity contribution is 5.90. The normalized spacial score (nSPS) is 18.9. The molecule has 2 N–H and O–H groups in total. The third-order valence-corrected chi connectivity index (χ3v) is 5.99. The van der Waals surface area contributed by atoms with Crippen LogP contribution in [0.4, 0.5) is 0 Å². The summed E-state index contributed by atoms with van der Waals surface area (Å²) in [7, 11) is 1.63. The number of fused-ring (bicyclic) bond motifs is 4. The SMILES string of the molecule is CCOC(=O)CN(C)C(=O)[C@H]1Cc2c([nH]c3ccccc23)[C@@H](c2ccc3c(c2)OCO3)N1. The van der Waals surface area contributed by atoms with E-state index in [1.807, 2.05) is 36.4 Å². The number of para-hydroxylation sites is 1. The molecule has 3 aromatic rings. The number of carbonyl (C=O) groups is 2. The number of amides is 1. The molecule has 0 radical (unpaired) electrons. The number of H-pyrrole nitrogens is 1. The van der Waals surface area contributed by atoms with Gasteiger partial charge in [0.25, 0.3) is 0 Å². The van der Waals surface area contributed by atoms with Crippen molar-refractivity contribution in [2.24, 2.45) is 0 Å². The Morgan fingerprint density at radius 1 is 1.16 bits per heavy atom. The Kier molecular flexibility index (Phi) is 5.22. The topological polar surface area (TPSA) is 92.9 Å². The van der Waals surface area contributed by atoms with Gasteiger partial charge in [0.15, 0.2) is 11.5 Å². The van der Waals surface area contributed by atoms with Crippen LogP contribution < -0.4 is 14.8 Å². The summed E-state index contributed by atoms with van der Waals surface area (Å²) in [6, 6.07) is 13.2. The maximum absolute atomic E-state index is 13.3. The lowest BCUT2D eigenvalue weighted by molar-refractivity contribution is -0.148. The Labute approximate surface area is 185 Å². The average Bonchev–Trinajstić information content (AvgIpc) is 3.42. The van der Waals surface area contributed by atoms with E-state index in [1.165, 1.54) is 4.90 Å². The summed E-state index contributed by atoms with van der Waals surface area (Å²) in [5, 5.41) is 4.59. The third kappa shape index (κ3) is 3.56. The van der Waals surface area contributed by atoms with Crippen molar-refractivity contribution in [3.63, 3.8) is 0 Å². The van der Waals surface area contributed by atoms with Crippen LogP contribution in [0.3, 0.4) is 0 Å². The second-order valence-corrected chi connectivity index (χ2v) is 8.03. The molecule has 32 heavy (non-hydrogen) atoms. The van der Waals surface area contributed by atoms with Gasteiger partial charge in [-0.3, -0.25) is 14.9 Å². The Bertz CT molecular complexity index is 1190. The lowest BCUT2D eigenvalue weighted by Crippen LogP contribution is -2.51. The van der Waals surface area contributed by atoms with Gasteiger partial charge in [-0.05, 0) is 42.7 Å². The first-order valence-corrected chi connectivity index (χ1v) is 10.7. The van der Waals surface area contributed by atoms with Crippen LogP contribution >= 0.6 is 0 Å². The Morgan fingerprint density at radius 2 is 1.97 bits per heavy atom. The summed E-state index contributed by atoms with van der Waals surface area (Å²) in [5.74, 6) is 0.831. The molecule has 5 rings (SSSR count). The second-order valence-electron chi connectivity index (χ2n) is 8.03. The van der Waals surface area contributed by atoms with Gasteiger partial charge >= 0.3 is 5.97 Å². The molecule has 2 atom stereocenters. The number of likely N-dealkylation sites (N-methyl/N-ethyl adjacent to an activating group) is 1. The predicted octanol–water partition coefficient (Wildman–Crippen LogP) is 2.52. The fourth-order valence-corrected chi connectivity index (χ4v) is 4.49. The van der Waals surface area contributed by atoms with Crippen molar-refractivity contribution in [3.8, 4) is 11.5 Å². The first-order chi connectivity index (χ1) is 15.5. The lowest BCUT2D eigenvalue weighted by atomic mass is 9.89. The summed E-state index contributed by atoms with van der Waals surface area (Å²) in [6.45, 7) is 2.15. The Morgan fingerprint density at radius 3 is 2.81 bits per heavy atom. The molecule has 0 spiro atoms. The highest BCUT2D eigenvalue weighted by Gasteiger charge is 2.36. The smallest absolute Gasteiger partial charge is 0.325 e. The minimum atomic E-state index is -0.489. The number of esters is 1. The number of benzene rings is 2. The molecule has 1 aromatic heterocycles. The van der Waals surface area contributed by atoms with Gasteiger partial charge < -0.3 is 24.1 Å². The van der Waals surface area contributed by atoms with E-state index in [2.05, 4.69) is 16.4 Å². The van der Waals surface area contributed by atoms with Gasteiger partial charge in [-0.25, -0.2) is 0 Å². The van der Waals surface area contributed by atoms with Crippen molar-refractivity contribution in [1.82, 2.24) is 15.2 Å². The molecule has 8 nitrogen and oxygen atoms in total. The Hall–Kier alpha value is -3.52. The fraction of sp³-hybridized carbons (Fsp3) is 0.333. The lowest BCUT2D eigenvalue weighted by Gasteiger charge is -2.33. The van der Waals surface area contributed by atoms with Crippen LogP contribution in [-0.4, -0.2) is 54.8 Å². The summed E-state index contributed by atoms with van der Waals surface area (Å²) in [6.07, 6.45) is 0.520. The predicted molar refractivity (Wildman–Crippen MR) is 118 cm³/mol. The second kappa shape index (κ2) is 8.20. The van der Waals surface area contributed by atoms with E-state index in [0.717, 1.165) is 27.7 Å². The van der Waals surface area contributed by atoms with E-state index < -0.39 is 12.0 Å². The van der Waals surface area contributed by atoms with Gasteiger partial charge in [0.2, 0.25) is 12.7 Å². The largest absolute Gasteiger partial charge is 0.465 e. The zero-order valence-corrected chi connectivity index (χ0v) is 18.0. The van der Waals surface area contributed by atoms with Gasteiger partial charge in [-0.2, -0.15) is 0 Å². The minimum absolute atomic E-state index is 0.0830. The van der Waals surface area contributed by atoms with E-state index in [9.17, 15) is 9.59 Å². The van der Waals surface area contributed by atoms with Crippen molar-refractivity contribution in [2.75, 3.05) is 27.0 Å². The molecule has 8 heteroatoms. The highest BCUT2D eigenvalue weighted by Crippen LogP contribution is 2.39. The van der Waals surface area contributed by atoms with Crippen LogP contribution in [0, 0.1) is 0 Å². The number of rotatable bonds is 5. The van der Waals surface area contributed by atoms with Crippen LogP contribution in [0.1, 0.15) is 29.8 Å². The van der Waals surface area contributed by atoms with E-state index >= 15 is 0 Å². The van der Waals surface area contributed by atoms with Crippen molar-refractivity contribution in [1.29, 1.82) is 0 Å². The fourth-order valence-electron chi connectivity index (χ4n) is 4.49. The molecule has 0 unspecified atom stereocenters. The van der Waals surface area contributed by atoms with Crippen LogP contribution in [0.15, 0.2) is 42.5 Å². The van der Waals surface area contributed by atoms with Crippen molar-refractivity contribution in [3.05, 3.63) is 59.3 Å². The van der Waals surface area contributed by atoms with Crippen molar-refractivity contribution >= 4 is 22.8 Å². The highest BCUT2D eigenvalue weighted by atomic mass is 16.7. The molecule has 2 aromatic carbocycles. The van der Waals surface area contributed by atoms with Gasteiger partial charge in [0.1, 0.15) is 6.54 Å². The number of nitrogens with zero attached hydrogens (tertiary/aromatic N) is 1. The monoisotopic (exact) mass is 435 g/mol. The zero-order chi connectivity index (χ0) is 22.2. The van der Waals surface area contributed by atoms with Crippen LogP contribution in [-0.2, 0) is 20.7 Å². The van der Waals surface area contributed by atoms with Gasteiger partial charge in [0, 0.05) is 23.6 Å². The molecular weight excluding hydrogens is 410 g/mol. The maximum atomic E-state index is 13.3. The molecule has 0 aliphatic carbocycles. The molecule has 1 amide bonds. The first-order valence-electron chi connectivity index (χ1n) is 10.7. The molecule has 0 bridgehead atoms. The zero-order valence-electron chi connectivity index (χ0n) is 18.0. The number of carbonyl (C=O) groups excluding carboxylic acids is 2. The average molecular weight is 435 g/mol. The number of aromatic nitrogens is 1. The van der Waals surface area contributed by atoms with Crippen molar-refractivity contribution < 1.29 is 23.8 Å². The number of ether oxygens (including phenoxy) is 3. The summed E-state index contributed by atoms with van der Waals surface area (Å²) in [5.41, 5.74) is 4.12. The number of aromatic amines is 1. The van der Waals surface area contributed by atoms with E-state index in [-0.39, 0.29) is 31.9 Å². The van der Waals surface area contributed by atoms with Crippen LogP contribution in [0.25, 0.3) is 10.9 Å². The van der Waals surface area contributed by atoms with Gasteiger partial charge in [0.05, 0.1) is 18.7 Å². The van der Waals surface area contributed by atoms with Crippen LogP contribution in [0.5, 0.6) is 11.5 Å². The first kappa shape index (κ1) is 20.4. The molecule has 0 saturated carbocycles. The van der Waals surface area contributed by atoms with Gasteiger partial charge in [-0.15, -0.1) is 0 Å². The molecule has 3 heterocycles. The van der Waals surface area contributed by atoms with E-state index in [4.69, 9.17) is 14.2 Å². The number of hydrogen-bond donors (Lipinski definition) is 2. The summed E-state index contributed by atoms with van der Waals surface area (Å²) >= 11 is 0. The van der Waals surface area contributed by atoms with Crippen molar-refractivity contribution in [2.45, 2.75) is 25.4 Å². The van der Waals surface area contributed by atoms with Gasteiger partial charge in [-0.1, -0.05) is 24.3 Å². The minimum Gasteiger partial charge on any atom is -0.465 e. The third-order valence-electron chi connectivity index (χ3n) is 5.99. The number of nitrogens with one attached hydrogen (secondary N) is 2. The Balaban J connectivity index is 1.51. The molecule has 0 fully saturated rings. The molecule has 166 valence electrons. The molecule has 2 aliphatic heterocycles. The summed E-state index contributed by atoms with van der Waals surface area (Å²) < 4.78 is 16.0. The van der Waals surface area contributed by atoms with E-state index in [0.29, 0.717) is 17.9 Å². The molecular formula is C24H25N3O5. The number of hydrogen-bond acceptors (Lipinski definition) is 6. The summed E-state index contributed by atoms with van der Waals surface area (Å²) in [4.78, 5) is 30.1. The molecule has 0 saturated heterocycles. The quantitative estimate of drug-likeness (QED) is 0.599. The maximum Gasteiger partial charge on any atom is 0.325 e. The molecule has 2 aliphatic rings.